The average Bonchev–Trinajstić information content (AvgIpc) is 2.87. The van der Waals surface area contributed by atoms with Crippen LogP contribution in [0.25, 0.3) is 10.9 Å². The number of ether oxygens (including phenoxy) is 1. The van der Waals surface area contributed by atoms with E-state index in [0.717, 1.165) is 46.9 Å². The molecule has 1 unspecified atom stereocenters. The van der Waals surface area contributed by atoms with E-state index in [1.165, 1.54) is 0 Å². The van der Waals surface area contributed by atoms with Crippen molar-refractivity contribution in [2.75, 3.05) is 32.5 Å². The molecule has 1 fully saturated rings. The first-order valence-electron chi connectivity index (χ1n) is 11.5. The Morgan fingerprint density at radius 3 is 2.82 bits per heavy atom. The topological polar surface area (TPSA) is 109 Å². The largest absolute Gasteiger partial charge is 0.497 e. The molecule has 8 nitrogen and oxygen atoms in total. The van der Waals surface area contributed by atoms with Gasteiger partial charge in [0.15, 0.2) is 5.16 Å². The van der Waals surface area contributed by atoms with Gasteiger partial charge in [0.05, 0.1) is 24.6 Å². The van der Waals surface area contributed by atoms with Crippen LogP contribution in [0.5, 0.6) is 5.75 Å². The molecule has 9 heteroatoms. The molecule has 0 spiro atoms. The van der Waals surface area contributed by atoms with Gasteiger partial charge < -0.3 is 19.8 Å². The number of hydrogen-bond donors (Lipinski definition) is 2. The summed E-state index contributed by atoms with van der Waals surface area (Å²) in [4.78, 5) is 27.1. The van der Waals surface area contributed by atoms with E-state index in [4.69, 9.17) is 4.74 Å². The minimum absolute atomic E-state index is 0.0381. The zero-order valence-electron chi connectivity index (χ0n) is 19.2. The van der Waals surface area contributed by atoms with Crippen LogP contribution in [-0.2, 0) is 4.79 Å². The molecular formula is C25H30N4O4S. The summed E-state index contributed by atoms with van der Waals surface area (Å²) >= 11 is 1.58. The molecule has 0 amide bonds. The molecule has 1 saturated heterocycles. The predicted molar refractivity (Wildman–Crippen MR) is 131 cm³/mol. The van der Waals surface area contributed by atoms with E-state index in [0.29, 0.717) is 25.1 Å². The molecule has 1 aliphatic rings. The van der Waals surface area contributed by atoms with Crippen LogP contribution in [0.1, 0.15) is 30.9 Å². The van der Waals surface area contributed by atoms with Crippen molar-refractivity contribution in [3.63, 3.8) is 0 Å². The molecular weight excluding hydrogens is 452 g/mol. The Bertz CT molecular complexity index is 1100. The van der Waals surface area contributed by atoms with Gasteiger partial charge in [0.25, 0.3) is 0 Å². The molecule has 0 saturated carbocycles. The molecule has 180 valence electrons. The van der Waals surface area contributed by atoms with Gasteiger partial charge in [-0.1, -0.05) is 11.8 Å². The van der Waals surface area contributed by atoms with E-state index in [1.54, 1.807) is 43.5 Å². The van der Waals surface area contributed by atoms with Gasteiger partial charge in [-0.2, -0.15) is 0 Å². The van der Waals surface area contributed by atoms with Crippen molar-refractivity contribution in [3.05, 3.63) is 54.5 Å². The summed E-state index contributed by atoms with van der Waals surface area (Å²) < 4.78 is 5.33. The smallest absolute Gasteiger partial charge is 0.308 e. The van der Waals surface area contributed by atoms with Gasteiger partial charge in [-0.05, 0) is 67.6 Å². The number of aliphatic hydroxyl groups is 1. The highest BCUT2D eigenvalue weighted by atomic mass is 32.2. The van der Waals surface area contributed by atoms with Gasteiger partial charge in [-0.3, -0.25) is 9.78 Å². The second kappa shape index (κ2) is 11.6. The Labute approximate surface area is 203 Å². The lowest BCUT2D eigenvalue weighted by Crippen LogP contribution is -2.44. The number of carbonyl (C=O) groups is 1. The van der Waals surface area contributed by atoms with Crippen LogP contribution in [0.2, 0.25) is 0 Å². The highest BCUT2D eigenvalue weighted by Crippen LogP contribution is 2.33. The van der Waals surface area contributed by atoms with Crippen molar-refractivity contribution in [2.45, 2.75) is 30.5 Å². The minimum Gasteiger partial charge on any atom is -0.497 e. The van der Waals surface area contributed by atoms with Crippen LogP contribution < -0.4 is 4.74 Å². The SMILES string of the molecule is COc1ccc2nccc(C(O)CC[C@@H]3CCN(CCSc4ncccn4)C[C@@H]3C(=O)O)c2c1. The fourth-order valence-electron chi connectivity index (χ4n) is 4.61. The summed E-state index contributed by atoms with van der Waals surface area (Å²) in [5, 5.41) is 22.4. The Hall–Kier alpha value is -2.75. The first-order chi connectivity index (χ1) is 16.5. The Kier molecular flexibility index (Phi) is 8.31. The number of piperidine rings is 1. The first-order valence-corrected chi connectivity index (χ1v) is 12.5. The van der Waals surface area contributed by atoms with Crippen LogP contribution >= 0.6 is 11.8 Å². The summed E-state index contributed by atoms with van der Waals surface area (Å²) in [5.74, 6) is 0.370. The molecule has 1 aromatic carbocycles. The summed E-state index contributed by atoms with van der Waals surface area (Å²) in [6, 6.07) is 9.23. The normalized spacial score (nSPS) is 19.7. The maximum absolute atomic E-state index is 12.0. The number of nitrogens with zero attached hydrogens (tertiary/aromatic N) is 4. The summed E-state index contributed by atoms with van der Waals surface area (Å²) in [6.07, 6.45) is 6.43. The number of carboxylic acid groups (broad SMARTS) is 1. The van der Waals surface area contributed by atoms with E-state index >= 15 is 0 Å². The van der Waals surface area contributed by atoms with Crippen LogP contribution in [0.15, 0.2) is 54.1 Å². The van der Waals surface area contributed by atoms with Gasteiger partial charge in [0, 0.05) is 42.8 Å². The quantitative estimate of drug-likeness (QED) is 0.330. The van der Waals surface area contributed by atoms with E-state index in [1.807, 2.05) is 24.3 Å². The third kappa shape index (κ3) is 6.02. The third-order valence-corrected chi connectivity index (χ3v) is 7.35. The van der Waals surface area contributed by atoms with Gasteiger partial charge in [-0.15, -0.1) is 0 Å². The maximum atomic E-state index is 12.0. The zero-order valence-corrected chi connectivity index (χ0v) is 20.0. The van der Waals surface area contributed by atoms with Gasteiger partial charge in [0.2, 0.25) is 0 Å². The molecule has 2 N–H and O–H groups in total. The van der Waals surface area contributed by atoms with Crippen molar-refractivity contribution in [1.29, 1.82) is 0 Å². The third-order valence-electron chi connectivity index (χ3n) is 6.49. The summed E-state index contributed by atoms with van der Waals surface area (Å²) in [7, 11) is 1.61. The van der Waals surface area contributed by atoms with Gasteiger partial charge in [0.1, 0.15) is 5.75 Å². The number of pyridine rings is 1. The van der Waals surface area contributed by atoms with E-state index in [-0.39, 0.29) is 5.92 Å². The van der Waals surface area contributed by atoms with Crippen molar-refractivity contribution in [2.24, 2.45) is 11.8 Å². The molecule has 0 aliphatic carbocycles. The number of methoxy groups -OCH3 is 1. The number of aromatic nitrogens is 3. The lowest BCUT2D eigenvalue weighted by Gasteiger charge is -2.36. The molecule has 0 radical (unpaired) electrons. The molecule has 0 bridgehead atoms. The number of thioether (sulfide) groups is 1. The number of carboxylic acids is 1. The van der Waals surface area contributed by atoms with Crippen LogP contribution in [0, 0.1) is 11.8 Å². The lowest BCUT2D eigenvalue weighted by molar-refractivity contribution is -0.146. The maximum Gasteiger partial charge on any atom is 0.308 e. The van der Waals surface area contributed by atoms with Gasteiger partial charge >= 0.3 is 5.97 Å². The number of aliphatic carboxylic acids is 1. The standard InChI is InChI=1S/C25H30N4O4S/c1-33-18-4-5-22-20(15-18)19(7-11-26-22)23(30)6-3-17-8-12-29(16-21(17)24(31)32)13-14-34-25-27-9-2-10-28-25/h2,4-5,7,9-11,15,17,21,23,30H,3,6,8,12-14,16H2,1H3,(H,31,32)/t17-,21+,23?/m1/s1. The molecule has 3 heterocycles. The van der Waals surface area contributed by atoms with Crippen molar-refractivity contribution >= 4 is 28.6 Å². The minimum atomic E-state index is -0.762. The Morgan fingerprint density at radius 2 is 2.06 bits per heavy atom. The molecule has 2 aromatic heterocycles. The predicted octanol–water partition coefficient (Wildman–Crippen LogP) is 3.66. The van der Waals surface area contributed by atoms with Crippen molar-refractivity contribution in [3.8, 4) is 5.75 Å². The van der Waals surface area contributed by atoms with Crippen molar-refractivity contribution in [1.82, 2.24) is 19.9 Å². The van der Waals surface area contributed by atoms with Gasteiger partial charge in [-0.25, -0.2) is 9.97 Å². The Morgan fingerprint density at radius 1 is 1.24 bits per heavy atom. The van der Waals surface area contributed by atoms with E-state index in [2.05, 4.69) is 19.9 Å². The fourth-order valence-corrected chi connectivity index (χ4v) is 5.42. The van der Waals surface area contributed by atoms with Crippen LogP contribution in [-0.4, -0.2) is 68.5 Å². The summed E-state index contributed by atoms with van der Waals surface area (Å²) in [6.45, 7) is 2.19. The zero-order chi connectivity index (χ0) is 23.9. The lowest BCUT2D eigenvalue weighted by atomic mass is 9.81. The molecule has 1 aliphatic heterocycles. The first kappa shape index (κ1) is 24.4. The molecule has 34 heavy (non-hydrogen) atoms. The highest BCUT2D eigenvalue weighted by molar-refractivity contribution is 7.99. The number of rotatable bonds is 10. The second-order valence-corrected chi connectivity index (χ2v) is 9.61. The fraction of sp³-hybridized carbons (Fsp3) is 0.440. The molecule has 3 aromatic rings. The second-order valence-electron chi connectivity index (χ2n) is 8.55. The number of hydrogen-bond acceptors (Lipinski definition) is 8. The monoisotopic (exact) mass is 482 g/mol. The van der Waals surface area contributed by atoms with E-state index in [9.17, 15) is 15.0 Å². The van der Waals surface area contributed by atoms with Crippen LogP contribution in [0.3, 0.4) is 0 Å². The summed E-state index contributed by atoms with van der Waals surface area (Å²) in [5.41, 5.74) is 1.60. The van der Waals surface area contributed by atoms with E-state index < -0.39 is 18.0 Å². The van der Waals surface area contributed by atoms with Crippen molar-refractivity contribution < 1.29 is 19.7 Å². The average molecular weight is 483 g/mol. The molecule has 4 rings (SSSR count). The molecule has 3 atom stereocenters. The highest BCUT2D eigenvalue weighted by Gasteiger charge is 2.34. The number of benzene rings is 1. The number of aliphatic hydroxyl groups excluding tert-OH is 1. The number of fused-ring (bicyclic) bond motifs is 1. The Balaban J connectivity index is 1.34. The van der Waals surface area contributed by atoms with Crippen LogP contribution in [0.4, 0.5) is 0 Å². The number of likely N-dealkylation sites (tertiary alicyclic amines) is 1.